The van der Waals surface area contributed by atoms with E-state index in [4.69, 9.17) is 21.4 Å². The number of nitrogens with zero attached hydrogens (tertiary/aromatic N) is 2. The number of hydrogen-bond acceptors (Lipinski definition) is 5. The zero-order chi connectivity index (χ0) is 24.3. The summed E-state index contributed by atoms with van der Waals surface area (Å²) in [5.74, 6) is -1.29. The molecule has 0 radical (unpaired) electrons. The van der Waals surface area contributed by atoms with Crippen molar-refractivity contribution < 1.29 is 24.2 Å². The predicted molar refractivity (Wildman–Crippen MR) is 128 cm³/mol. The van der Waals surface area contributed by atoms with Crippen LogP contribution in [0.3, 0.4) is 0 Å². The maximum absolute atomic E-state index is 14.0. The second-order valence-electron chi connectivity index (χ2n) is 10.4. The summed E-state index contributed by atoms with van der Waals surface area (Å²) in [5.41, 5.74) is 4.33. The van der Waals surface area contributed by atoms with Crippen molar-refractivity contribution in [2.75, 3.05) is 6.61 Å². The number of allylic oxidation sites excluding steroid dienone is 2. The Labute approximate surface area is 208 Å². The number of hydrogen-bond donors (Lipinski definition) is 1. The maximum atomic E-state index is 14.0. The van der Waals surface area contributed by atoms with Crippen LogP contribution in [-0.2, 0) is 27.2 Å². The highest BCUT2D eigenvalue weighted by molar-refractivity contribution is 6.34. The van der Waals surface area contributed by atoms with Gasteiger partial charge in [-0.15, -0.1) is 0 Å². The molecule has 2 unspecified atom stereocenters. The molecule has 0 bridgehead atoms. The number of rotatable bonds is 4. The number of fused-ring (bicyclic) bond motifs is 1. The van der Waals surface area contributed by atoms with Gasteiger partial charge in [0, 0.05) is 12.0 Å². The highest BCUT2D eigenvalue weighted by atomic mass is 35.5. The van der Waals surface area contributed by atoms with Crippen molar-refractivity contribution >= 4 is 35.0 Å². The minimum absolute atomic E-state index is 0.192. The minimum Gasteiger partial charge on any atom is -0.481 e. The smallest absolute Gasteiger partial charge is 0.312 e. The Kier molecular flexibility index (Phi) is 5.36. The fourth-order valence-electron chi connectivity index (χ4n) is 5.99. The largest absolute Gasteiger partial charge is 0.481 e. The molecule has 0 amide bonds. The third-order valence-corrected chi connectivity index (χ3v) is 8.54. The standard InChI is InChI=1S/C27H27ClN2O5/c28-20-3-1-2-18(15-4-5-15)22(20)24(31)30-21-14-27(12-13-35-26(27)34)11-10-19(21)23(29-30)16-6-8-17(9-7-16)25(32)33/h1-3,6,15,17H,4-5,7-14H2,(H,32,33). The minimum atomic E-state index is -0.781. The molecule has 1 saturated heterocycles. The SMILES string of the molecule is O=C(O)C1CC=C(c2nn(C(=O)c3c(Cl)cccc3C3CC3)c3c2CCC2(CCOC2=O)C3)CC1. The van der Waals surface area contributed by atoms with Crippen molar-refractivity contribution in [3.05, 3.63) is 57.4 Å². The average molecular weight is 495 g/mol. The predicted octanol–water partition coefficient (Wildman–Crippen LogP) is 4.79. The van der Waals surface area contributed by atoms with Gasteiger partial charge in [-0.3, -0.25) is 14.4 Å². The zero-order valence-electron chi connectivity index (χ0n) is 19.4. The third-order valence-electron chi connectivity index (χ3n) is 8.23. The second-order valence-corrected chi connectivity index (χ2v) is 10.8. The summed E-state index contributed by atoms with van der Waals surface area (Å²) in [6, 6.07) is 5.59. The second kappa shape index (κ2) is 8.33. The van der Waals surface area contributed by atoms with Gasteiger partial charge in [-0.25, -0.2) is 0 Å². The van der Waals surface area contributed by atoms with E-state index in [9.17, 15) is 19.5 Å². The zero-order valence-corrected chi connectivity index (χ0v) is 20.1. The lowest BCUT2D eigenvalue weighted by atomic mass is 9.71. The van der Waals surface area contributed by atoms with Crippen molar-refractivity contribution in [2.45, 2.75) is 63.7 Å². The average Bonchev–Trinajstić information content (AvgIpc) is 3.56. The van der Waals surface area contributed by atoms with Crippen molar-refractivity contribution in [1.29, 1.82) is 0 Å². The van der Waals surface area contributed by atoms with E-state index in [2.05, 4.69) is 0 Å². The number of aliphatic carboxylic acids is 1. The van der Waals surface area contributed by atoms with E-state index in [0.717, 1.165) is 40.9 Å². The van der Waals surface area contributed by atoms with Gasteiger partial charge in [-0.1, -0.05) is 29.8 Å². The number of carbonyl (C=O) groups is 3. The molecule has 6 rings (SSSR count). The van der Waals surface area contributed by atoms with E-state index in [-0.39, 0.29) is 17.8 Å². The fourth-order valence-corrected chi connectivity index (χ4v) is 6.25. The van der Waals surface area contributed by atoms with E-state index >= 15 is 0 Å². The molecule has 3 aliphatic carbocycles. The van der Waals surface area contributed by atoms with Gasteiger partial charge in [-0.05, 0) is 74.5 Å². The number of ether oxygens (including phenoxy) is 1. The molecule has 1 aromatic heterocycles. The molecule has 1 spiro atoms. The number of benzene rings is 1. The van der Waals surface area contributed by atoms with Gasteiger partial charge in [-0.2, -0.15) is 9.78 Å². The number of carboxylic acids is 1. The summed E-state index contributed by atoms with van der Waals surface area (Å²) in [4.78, 5) is 38.1. The number of esters is 1. The quantitative estimate of drug-likeness (QED) is 0.613. The summed E-state index contributed by atoms with van der Waals surface area (Å²) < 4.78 is 6.82. The van der Waals surface area contributed by atoms with E-state index in [0.29, 0.717) is 68.1 Å². The number of carboxylic acid groups (broad SMARTS) is 1. The number of carbonyl (C=O) groups excluding carboxylic acids is 2. The van der Waals surface area contributed by atoms with Crippen LogP contribution in [0, 0.1) is 11.3 Å². The van der Waals surface area contributed by atoms with Crippen LogP contribution in [0.4, 0.5) is 0 Å². The molecule has 1 saturated carbocycles. The maximum Gasteiger partial charge on any atom is 0.312 e. The van der Waals surface area contributed by atoms with Crippen LogP contribution in [0.1, 0.15) is 83.7 Å². The monoisotopic (exact) mass is 494 g/mol. The Morgan fingerprint density at radius 3 is 2.66 bits per heavy atom. The van der Waals surface area contributed by atoms with Gasteiger partial charge in [0.05, 0.1) is 39.9 Å². The van der Waals surface area contributed by atoms with Gasteiger partial charge >= 0.3 is 11.9 Å². The molecule has 1 aliphatic heterocycles. The van der Waals surface area contributed by atoms with Crippen LogP contribution < -0.4 is 0 Å². The first-order chi connectivity index (χ1) is 16.9. The lowest BCUT2D eigenvalue weighted by Gasteiger charge is -2.30. The van der Waals surface area contributed by atoms with Gasteiger partial charge in [0.2, 0.25) is 0 Å². The Morgan fingerprint density at radius 1 is 1.17 bits per heavy atom. The first kappa shape index (κ1) is 22.5. The molecule has 7 nitrogen and oxygen atoms in total. The third kappa shape index (κ3) is 3.71. The highest BCUT2D eigenvalue weighted by Crippen LogP contribution is 2.47. The van der Waals surface area contributed by atoms with Crippen molar-refractivity contribution in [1.82, 2.24) is 9.78 Å². The molecule has 4 aliphatic rings. The number of cyclic esters (lactones) is 1. The molecule has 2 fully saturated rings. The summed E-state index contributed by atoms with van der Waals surface area (Å²) in [7, 11) is 0. The highest BCUT2D eigenvalue weighted by Gasteiger charge is 2.49. The van der Waals surface area contributed by atoms with E-state index in [1.54, 1.807) is 6.07 Å². The molecule has 182 valence electrons. The molecular formula is C27H27ClN2O5. The molecular weight excluding hydrogens is 468 g/mol. The lowest BCUT2D eigenvalue weighted by molar-refractivity contribution is -0.147. The fraction of sp³-hybridized carbons (Fsp3) is 0.481. The molecule has 1 N–H and O–H groups in total. The first-order valence-electron chi connectivity index (χ1n) is 12.4. The van der Waals surface area contributed by atoms with E-state index < -0.39 is 11.4 Å². The Hall–Kier alpha value is -2.93. The molecule has 8 heteroatoms. The van der Waals surface area contributed by atoms with Crippen LogP contribution in [0.2, 0.25) is 5.02 Å². The lowest BCUT2D eigenvalue weighted by Crippen LogP contribution is -2.35. The molecule has 2 atom stereocenters. The van der Waals surface area contributed by atoms with E-state index in [1.807, 2.05) is 18.2 Å². The van der Waals surface area contributed by atoms with Gasteiger partial charge in [0.25, 0.3) is 5.91 Å². The van der Waals surface area contributed by atoms with Gasteiger partial charge < -0.3 is 9.84 Å². The van der Waals surface area contributed by atoms with Crippen molar-refractivity contribution in [3.63, 3.8) is 0 Å². The van der Waals surface area contributed by atoms with E-state index in [1.165, 1.54) is 4.68 Å². The van der Waals surface area contributed by atoms with Crippen LogP contribution in [0.25, 0.3) is 5.57 Å². The van der Waals surface area contributed by atoms with Crippen LogP contribution in [-0.4, -0.2) is 39.3 Å². The number of aromatic nitrogens is 2. The Balaban J connectivity index is 1.46. The van der Waals surface area contributed by atoms with Crippen LogP contribution >= 0.6 is 11.6 Å². The summed E-state index contributed by atoms with van der Waals surface area (Å²) >= 11 is 6.57. The first-order valence-corrected chi connectivity index (χ1v) is 12.8. The summed E-state index contributed by atoms with van der Waals surface area (Å²) in [6.07, 6.45) is 7.97. The molecule has 35 heavy (non-hydrogen) atoms. The Bertz CT molecular complexity index is 1290. The topological polar surface area (TPSA) is 98.5 Å². The van der Waals surface area contributed by atoms with Gasteiger partial charge in [0.15, 0.2) is 0 Å². The molecule has 2 heterocycles. The van der Waals surface area contributed by atoms with Crippen molar-refractivity contribution in [3.8, 4) is 0 Å². The van der Waals surface area contributed by atoms with Crippen LogP contribution in [0.5, 0.6) is 0 Å². The number of halogens is 1. The van der Waals surface area contributed by atoms with Gasteiger partial charge in [0.1, 0.15) is 0 Å². The van der Waals surface area contributed by atoms with Crippen LogP contribution in [0.15, 0.2) is 24.3 Å². The normalized spacial score (nSPS) is 25.8. The Morgan fingerprint density at radius 2 is 2.00 bits per heavy atom. The molecule has 2 aromatic rings. The summed E-state index contributed by atoms with van der Waals surface area (Å²) in [6.45, 7) is 0.404. The summed E-state index contributed by atoms with van der Waals surface area (Å²) in [5, 5.41) is 14.6. The van der Waals surface area contributed by atoms with Crippen molar-refractivity contribution in [2.24, 2.45) is 11.3 Å². The molecule has 1 aromatic carbocycles.